The highest BCUT2D eigenvalue weighted by Crippen LogP contribution is 2.48. The maximum atomic E-state index is 11.3. The van der Waals surface area contributed by atoms with E-state index in [1.54, 1.807) is 0 Å². The predicted molar refractivity (Wildman–Crippen MR) is 74.3 cm³/mol. The van der Waals surface area contributed by atoms with Crippen molar-refractivity contribution >= 4 is 17.7 Å². The Kier molecular flexibility index (Phi) is 3.10. The lowest BCUT2D eigenvalue weighted by molar-refractivity contribution is -0.140. The Morgan fingerprint density at radius 1 is 1.17 bits per heavy atom. The van der Waals surface area contributed by atoms with Gasteiger partial charge in [-0.05, 0) is 54.2 Å². The van der Waals surface area contributed by atoms with Gasteiger partial charge in [-0.1, -0.05) is 24.3 Å². The zero-order valence-electron chi connectivity index (χ0n) is 10.4. The Morgan fingerprint density at radius 3 is 2.28 bits per heavy atom. The second-order valence-corrected chi connectivity index (χ2v) is 6.62. The summed E-state index contributed by atoms with van der Waals surface area (Å²) >= 11 is 2.04. The van der Waals surface area contributed by atoms with Crippen LogP contribution in [0.3, 0.4) is 0 Å². The Hall–Kier alpha value is -0.960. The Morgan fingerprint density at radius 2 is 1.78 bits per heavy atom. The quantitative estimate of drug-likeness (QED) is 0.907. The first-order valence-corrected chi connectivity index (χ1v) is 7.79. The van der Waals surface area contributed by atoms with Gasteiger partial charge in [-0.25, -0.2) is 0 Å². The summed E-state index contributed by atoms with van der Waals surface area (Å²) in [6.07, 6.45) is 4.10. The number of hydrogen-bond donors (Lipinski definition) is 1. The molecule has 1 aliphatic carbocycles. The lowest BCUT2D eigenvalue weighted by Gasteiger charge is -2.22. The van der Waals surface area contributed by atoms with Gasteiger partial charge in [0.15, 0.2) is 0 Å². The van der Waals surface area contributed by atoms with Crippen LogP contribution in [0.2, 0.25) is 0 Å². The molecule has 0 atom stereocenters. The second kappa shape index (κ2) is 4.61. The lowest BCUT2D eigenvalue weighted by atomic mass is 9.89. The van der Waals surface area contributed by atoms with Gasteiger partial charge in [-0.15, -0.1) is 0 Å². The molecule has 0 radical (unpaired) electrons. The van der Waals surface area contributed by atoms with E-state index in [0.717, 1.165) is 18.4 Å². The third kappa shape index (κ3) is 2.05. The largest absolute Gasteiger partial charge is 0.481 e. The van der Waals surface area contributed by atoms with Gasteiger partial charge in [-0.3, -0.25) is 4.79 Å². The van der Waals surface area contributed by atoms with Crippen molar-refractivity contribution in [1.29, 1.82) is 0 Å². The van der Waals surface area contributed by atoms with Gasteiger partial charge in [0.25, 0.3) is 0 Å². The molecule has 0 amide bonds. The monoisotopic (exact) mass is 262 g/mol. The van der Waals surface area contributed by atoms with Gasteiger partial charge in [0.1, 0.15) is 0 Å². The highest BCUT2D eigenvalue weighted by molar-refractivity contribution is 7.99. The van der Waals surface area contributed by atoms with Gasteiger partial charge >= 0.3 is 5.97 Å². The summed E-state index contributed by atoms with van der Waals surface area (Å²) in [7, 11) is 0. The summed E-state index contributed by atoms with van der Waals surface area (Å²) in [5.74, 6) is 2.53. The first kappa shape index (κ1) is 12.1. The van der Waals surface area contributed by atoms with Crippen LogP contribution in [0.5, 0.6) is 0 Å². The first-order valence-electron chi connectivity index (χ1n) is 6.64. The van der Waals surface area contributed by atoms with Crippen molar-refractivity contribution < 1.29 is 9.90 Å². The van der Waals surface area contributed by atoms with E-state index >= 15 is 0 Å². The number of aliphatic carboxylic acids is 1. The molecule has 1 aromatic carbocycles. The standard InChI is InChI=1S/C15H18O2S/c16-14(17)15(7-8-15)13-3-1-11(2-4-13)12-5-9-18-10-6-12/h1-4,12H,5-10H2,(H,16,17). The maximum absolute atomic E-state index is 11.3. The SMILES string of the molecule is O=C(O)C1(c2ccc(C3CCSCC3)cc2)CC1. The van der Waals surface area contributed by atoms with E-state index in [4.69, 9.17) is 0 Å². The molecule has 0 aromatic heterocycles. The fourth-order valence-electron chi connectivity index (χ4n) is 2.86. The van der Waals surface area contributed by atoms with E-state index in [9.17, 15) is 9.90 Å². The number of thioether (sulfide) groups is 1. The molecule has 2 fully saturated rings. The zero-order valence-corrected chi connectivity index (χ0v) is 11.2. The minimum atomic E-state index is -0.663. The van der Waals surface area contributed by atoms with Gasteiger partial charge < -0.3 is 5.11 Å². The van der Waals surface area contributed by atoms with Crippen molar-refractivity contribution in [2.45, 2.75) is 37.0 Å². The topological polar surface area (TPSA) is 37.3 Å². The van der Waals surface area contributed by atoms with Crippen LogP contribution in [0.15, 0.2) is 24.3 Å². The van der Waals surface area contributed by atoms with Crippen LogP contribution in [0.25, 0.3) is 0 Å². The van der Waals surface area contributed by atoms with E-state index in [1.807, 2.05) is 23.9 Å². The Labute approximate surface area is 112 Å². The van der Waals surface area contributed by atoms with Crippen molar-refractivity contribution in [3.8, 4) is 0 Å². The summed E-state index contributed by atoms with van der Waals surface area (Å²) in [5, 5.41) is 9.27. The molecule has 1 aliphatic heterocycles. The maximum Gasteiger partial charge on any atom is 0.314 e. The van der Waals surface area contributed by atoms with E-state index in [1.165, 1.54) is 29.9 Å². The molecule has 1 saturated heterocycles. The number of benzene rings is 1. The molecule has 3 heteroatoms. The van der Waals surface area contributed by atoms with E-state index in [0.29, 0.717) is 5.92 Å². The van der Waals surface area contributed by atoms with Crippen molar-refractivity contribution in [3.63, 3.8) is 0 Å². The molecule has 1 saturated carbocycles. The number of carboxylic acids is 1. The molecule has 3 rings (SSSR count). The van der Waals surface area contributed by atoms with Crippen molar-refractivity contribution in [3.05, 3.63) is 35.4 Å². The molecule has 1 N–H and O–H groups in total. The molecule has 2 aliphatic rings. The van der Waals surface area contributed by atoms with Gasteiger partial charge in [0.2, 0.25) is 0 Å². The van der Waals surface area contributed by atoms with E-state index in [-0.39, 0.29) is 0 Å². The fraction of sp³-hybridized carbons (Fsp3) is 0.533. The van der Waals surface area contributed by atoms with Crippen LogP contribution in [0.1, 0.15) is 42.7 Å². The molecule has 0 spiro atoms. The van der Waals surface area contributed by atoms with Crippen molar-refractivity contribution in [1.82, 2.24) is 0 Å². The van der Waals surface area contributed by atoms with Crippen LogP contribution in [-0.2, 0) is 10.2 Å². The molecular formula is C15H18O2S. The van der Waals surface area contributed by atoms with Gasteiger partial charge in [0.05, 0.1) is 5.41 Å². The Bertz CT molecular complexity index is 442. The molecule has 1 heterocycles. The van der Waals surface area contributed by atoms with Gasteiger partial charge in [0, 0.05) is 0 Å². The smallest absolute Gasteiger partial charge is 0.314 e. The molecule has 2 nitrogen and oxygen atoms in total. The van der Waals surface area contributed by atoms with Crippen molar-refractivity contribution in [2.24, 2.45) is 0 Å². The second-order valence-electron chi connectivity index (χ2n) is 5.40. The highest BCUT2D eigenvalue weighted by atomic mass is 32.2. The average molecular weight is 262 g/mol. The molecule has 0 bridgehead atoms. The molecular weight excluding hydrogens is 244 g/mol. The van der Waals surface area contributed by atoms with Crippen LogP contribution < -0.4 is 0 Å². The summed E-state index contributed by atoms with van der Waals surface area (Å²) in [6.45, 7) is 0. The Balaban J connectivity index is 1.79. The molecule has 1 aromatic rings. The minimum absolute atomic E-state index is 0.555. The minimum Gasteiger partial charge on any atom is -0.481 e. The summed E-state index contributed by atoms with van der Waals surface area (Å²) < 4.78 is 0. The van der Waals surface area contributed by atoms with E-state index < -0.39 is 11.4 Å². The zero-order chi connectivity index (χ0) is 12.6. The van der Waals surface area contributed by atoms with Gasteiger partial charge in [-0.2, -0.15) is 11.8 Å². The number of carbonyl (C=O) groups is 1. The third-order valence-corrected chi connectivity index (χ3v) is 5.36. The third-order valence-electron chi connectivity index (χ3n) is 4.32. The fourth-order valence-corrected chi connectivity index (χ4v) is 3.96. The summed E-state index contributed by atoms with van der Waals surface area (Å²) in [6, 6.07) is 8.38. The van der Waals surface area contributed by atoms with Crippen molar-refractivity contribution in [2.75, 3.05) is 11.5 Å². The highest BCUT2D eigenvalue weighted by Gasteiger charge is 2.51. The first-order chi connectivity index (χ1) is 8.72. The molecule has 96 valence electrons. The van der Waals surface area contributed by atoms with E-state index in [2.05, 4.69) is 12.1 Å². The summed E-state index contributed by atoms with van der Waals surface area (Å²) in [4.78, 5) is 11.3. The lowest BCUT2D eigenvalue weighted by Crippen LogP contribution is -2.19. The normalized spacial score (nSPS) is 22.7. The molecule has 0 unspecified atom stereocenters. The average Bonchev–Trinajstić information content (AvgIpc) is 3.22. The number of hydrogen-bond acceptors (Lipinski definition) is 2. The summed E-state index contributed by atoms with van der Waals surface area (Å²) in [5.41, 5.74) is 1.82. The number of carboxylic acid groups (broad SMARTS) is 1. The predicted octanol–water partition coefficient (Wildman–Crippen LogP) is 3.41. The molecule has 18 heavy (non-hydrogen) atoms. The van der Waals surface area contributed by atoms with Crippen LogP contribution >= 0.6 is 11.8 Å². The van der Waals surface area contributed by atoms with Crippen LogP contribution in [0, 0.1) is 0 Å². The van der Waals surface area contributed by atoms with Crippen LogP contribution in [0.4, 0.5) is 0 Å². The number of rotatable bonds is 3. The van der Waals surface area contributed by atoms with Crippen LogP contribution in [-0.4, -0.2) is 22.6 Å².